The Bertz CT molecular complexity index is 230. The van der Waals surface area contributed by atoms with E-state index in [0.717, 1.165) is 0 Å². The molecule has 0 bridgehead atoms. The van der Waals surface area contributed by atoms with Crippen LogP contribution in [-0.2, 0) is 14.4 Å². The summed E-state index contributed by atoms with van der Waals surface area (Å²) in [5.74, 6) is -2.99. The molecule has 1 atom stereocenters. The topological polar surface area (TPSA) is 91.7 Å². The molecule has 0 aromatic rings. The van der Waals surface area contributed by atoms with Crippen LogP contribution < -0.4 is 0 Å². The molecule has 0 aromatic carbocycles. The van der Waals surface area contributed by atoms with Gasteiger partial charge < -0.3 is 10.2 Å². The summed E-state index contributed by atoms with van der Waals surface area (Å²) in [5, 5.41) is 16.1. The predicted molar refractivity (Wildman–Crippen MR) is 52.4 cm³/mol. The van der Waals surface area contributed by atoms with Gasteiger partial charge in [-0.05, 0) is 6.42 Å². The molecule has 0 aliphatic carbocycles. The van der Waals surface area contributed by atoms with Gasteiger partial charge in [0, 0.05) is 41.9 Å². The molecule has 1 radical (unpaired) electrons. The van der Waals surface area contributed by atoms with Gasteiger partial charge in [-0.3, -0.25) is 14.4 Å². The van der Waals surface area contributed by atoms with Gasteiger partial charge in [0.15, 0.2) is 5.12 Å². The third-order valence-corrected chi connectivity index (χ3v) is 1.84. The Morgan fingerprint density at radius 3 is 1.93 bits per heavy atom. The van der Waals surface area contributed by atoms with Crippen LogP contribution in [0.2, 0.25) is 0 Å². The number of carboxylic acids is 2. The molecule has 0 rings (SSSR count). The maximum absolute atomic E-state index is 10.7. The number of carboxylic acid groups (broad SMARTS) is 2. The molecule has 75 valence electrons. The summed E-state index contributed by atoms with van der Waals surface area (Å²) in [4.78, 5) is 31.1. The number of thiol groups is 1. The summed E-state index contributed by atoms with van der Waals surface area (Å²) in [5.41, 5.74) is 0. The zero-order valence-corrected chi connectivity index (χ0v) is 10.7. The first-order valence-corrected chi connectivity index (χ1v) is 4.04. The molecule has 0 spiro atoms. The fraction of sp³-hybridized carbons (Fsp3) is 0.571. The second-order valence-electron chi connectivity index (χ2n) is 2.57. The van der Waals surface area contributed by atoms with Crippen molar-refractivity contribution in [3.8, 4) is 0 Å². The van der Waals surface area contributed by atoms with E-state index in [2.05, 4.69) is 12.6 Å². The summed E-state index contributed by atoms with van der Waals surface area (Å²) >= 11 is 3.47. The molecule has 5 nitrogen and oxygen atoms in total. The minimum absolute atomic E-state index is 0. The van der Waals surface area contributed by atoms with E-state index < -0.39 is 23.0 Å². The van der Waals surface area contributed by atoms with Crippen LogP contribution in [0, 0.1) is 5.92 Å². The normalized spacial score (nSPS) is 11.2. The number of hydrogen-bond acceptors (Lipinski definition) is 3. The number of carbonyl (C=O) groups is 3. The van der Waals surface area contributed by atoms with Gasteiger partial charge in [-0.2, -0.15) is 0 Å². The zero-order valence-electron chi connectivity index (χ0n) is 7.77. The second kappa shape index (κ2) is 8.28. The van der Waals surface area contributed by atoms with Crippen LogP contribution in [0.5, 0.6) is 0 Å². The number of hydrogen-bond donors (Lipinski definition) is 3. The van der Waals surface area contributed by atoms with Crippen molar-refractivity contribution in [2.24, 2.45) is 5.92 Å². The Morgan fingerprint density at radius 2 is 1.64 bits per heavy atom. The zero-order chi connectivity index (χ0) is 10.4. The third-order valence-electron chi connectivity index (χ3n) is 1.48. The largest absolute Gasteiger partial charge is 0.481 e. The monoisotopic (exact) mass is 229 g/mol. The first-order chi connectivity index (χ1) is 5.93. The molecule has 0 saturated heterocycles. The SMILES string of the molecule is O=C(O)CCC(CC(=O)O)C(=O)S.[Na]. The maximum atomic E-state index is 10.7. The van der Waals surface area contributed by atoms with E-state index in [9.17, 15) is 14.4 Å². The first kappa shape index (κ1) is 16.4. The van der Waals surface area contributed by atoms with Crippen molar-refractivity contribution in [2.75, 3.05) is 0 Å². The summed E-state index contributed by atoms with van der Waals surface area (Å²) in [6, 6.07) is 0. The van der Waals surface area contributed by atoms with Crippen LogP contribution in [0.1, 0.15) is 19.3 Å². The third kappa shape index (κ3) is 8.55. The summed E-state index contributed by atoms with van der Waals surface area (Å²) in [7, 11) is 0. The quantitative estimate of drug-likeness (QED) is 0.441. The first-order valence-electron chi connectivity index (χ1n) is 3.60. The van der Waals surface area contributed by atoms with Gasteiger partial charge in [0.05, 0.1) is 6.42 Å². The van der Waals surface area contributed by atoms with Gasteiger partial charge >= 0.3 is 11.9 Å². The standard InChI is InChI=1S/C7H10O5S.Na/c8-5(9)2-1-4(7(12)13)3-6(10)11;/h4H,1-3H2,(H,8,9)(H,10,11)(H,12,13);. The van der Waals surface area contributed by atoms with Crippen molar-refractivity contribution in [2.45, 2.75) is 19.3 Å². The van der Waals surface area contributed by atoms with Crippen LogP contribution in [-0.4, -0.2) is 56.8 Å². The van der Waals surface area contributed by atoms with Crippen LogP contribution in [0.15, 0.2) is 0 Å². The van der Waals surface area contributed by atoms with E-state index in [-0.39, 0.29) is 48.8 Å². The Labute approximate surface area is 109 Å². The van der Waals surface area contributed by atoms with Crippen molar-refractivity contribution < 1.29 is 24.6 Å². The Hall–Kier alpha value is -0.0400. The Balaban J connectivity index is 0. The predicted octanol–water partition coefficient (Wildman–Crippen LogP) is 0.0177. The van der Waals surface area contributed by atoms with Crippen LogP contribution >= 0.6 is 12.6 Å². The minimum atomic E-state index is -1.13. The molecule has 7 heteroatoms. The number of rotatable bonds is 6. The van der Waals surface area contributed by atoms with Gasteiger partial charge in [-0.15, -0.1) is 12.6 Å². The van der Waals surface area contributed by atoms with E-state index >= 15 is 0 Å². The van der Waals surface area contributed by atoms with Crippen molar-refractivity contribution in [1.29, 1.82) is 0 Å². The molecule has 0 heterocycles. The van der Waals surface area contributed by atoms with Gasteiger partial charge in [0.2, 0.25) is 0 Å². The molecule has 0 aliphatic rings. The van der Waals surface area contributed by atoms with Gasteiger partial charge in [0.1, 0.15) is 0 Å². The van der Waals surface area contributed by atoms with Gasteiger partial charge in [-0.1, -0.05) is 0 Å². The van der Waals surface area contributed by atoms with Crippen LogP contribution in [0.25, 0.3) is 0 Å². The molecule has 0 amide bonds. The van der Waals surface area contributed by atoms with Crippen molar-refractivity contribution in [3.63, 3.8) is 0 Å². The van der Waals surface area contributed by atoms with Crippen molar-refractivity contribution in [1.82, 2.24) is 0 Å². The summed E-state index contributed by atoms with van der Waals surface area (Å²) < 4.78 is 0. The van der Waals surface area contributed by atoms with Gasteiger partial charge in [0.25, 0.3) is 0 Å². The Morgan fingerprint density at radius 1 is 1.14 bits per heavy atom. The van der Waals surface area contributed by atoms with Crippen LogP contribution in [0.4, 0.5) is 0 Å². The smallest absolute Gasteiger partial charge is 0.304 e. The molecule has 0 aromatic heterocycles. The van der Waals surface area contributed by atoms with Crippen molar-refractivity contribution >= 4 is 59.2 Å². The maximum Gasteiger partial charge on any atom is 0.304 e. The fourth-order valence-electron chi connectivity index (χ4n) is 0.821. The minimum Gasteiger partial charge on any atom is -0.481 e. The van der Waals surface area contributed by atoms with E-state index in [1.165, 1.54) is 0 Å². The summed E-state index contributed by atoms with van der Waals surface area (Å²) in [6.45, 7) is 0. The number of aliphatic carboxylic acids is 2. The molecule has 2 N–H and O–H groups in total. The Kier molecular flexibility index (Phi) is 9.70. The van der Waals surface area contributed by atoms with Gasteiger partial charge in [-0.25, -0.2) is 0 Å². The fourth-order valence-corrected chi connectivity index (χ4v) is 1.04. The van der Waals surface area contributed by atoms with E-state index in [4.69, 9.17) is 10.2 Å². The van der Waals surface area contributed by atoms with E-state index in [1.54, 1.807) is 0 Å². The molecule has 1 unspecified atom stereocenters. The average Bonchev–Trinajstić information content (AvgIpc) is 1.96. The number of carbonyl (C=O) groups excluding carboxylic acids is 1. The molecule has 14 heavy (non-hydrogen) atoms. The molecule has 0 saturated carbocycles. The molecule has 0 fully saturated rings. The second-order valence-corrected chi connectivity index (χ2v) is 3.01. The molecular formula is C7H10NaO5S. The van der Waals surface area contributed by atoms with E-state index in [0.29, 0.717) is 0 Å². The molecule has 0 aliphatic heterocycles. The van der Waals surface area contributed by atoms with Crippen LogP contribution in [0.3, 0.4) is 0 Å². The average molecular weight is 229 g/mol. The summed E-state index contributed by atoms with van der Waals surface area (Å²) in [6.07, 6.45) is -0.566. The molecular weight excluding hydrogens is 219 g/mol. The van der Waals surface area contributed by atoms with Crippen molar-refractivity contribution in [3.05, 3.63) is 0 Å². The van der Waals surface area contributed by atoms with E-state index in [1.807, 2.05) is 0 Å².